The number of non-ortho nitro benzene ring substituents is 1. The molecule has 0 atom stereocenters. The van der Waals surface area contributed by atoms with E-state index in [1.807, 2.05) is 6.07 Å². The normalized spacial score (nSPS) is 11.4. The highest BCUT2D eigenvalue weighted by molar-refractivity contribution is 7.99. The maximum Gasteiger partial charge on any atom is 0.270 e. The van der Waals surface area contributed by atoms with E-state index in [4.69, 9.17) is 0 Å². The maximum atomic E-state index is 10.6. The molecule has 0 amide bonds. The largest absolute Gasteiger partial charge is 0.270 e. The minimum absolute atomic E-state index is 0.161. The molecule has 0 aliphatic heterocycles. The van der Waals surface area contributed by atoms with Gasteiger partial charge in [0.15, 0.2) is 0 Å². The number of nitro benzene ring substituents is 1. The Morgan fingerprint density at radius 3 is 2.60 bits per heavy atom. The third-order valence-corrected chi connectivity index (χ3v) is 3.30. The molecule has 15 heavy (non-hydrogen) atoms. The van der Waals surface area contributed by atoms with Crippen LogP contribution in [0.2, 0.25) is 0 Å². The molecular formula is C11H15NO2S. The van der Waals surface area contributed by atoms with Crippen LogP contribution in [-0.4, -0.2) is 10.7 Å². The highest BCUT2D eigenvalue weighted by Crippen LogP contribution is 2.28. The Balaban J connectivity index is 2.70. The van der Waals surface area contributed by atoms with Gasteiger partial charge < -0.3 is 0 Å². The van der Waals surface area contributed by atoms with E-state index in [-0.39, 0.29) is 16.0 Å². The third kappa shape index (κ3) is 4.34. The van der Waals surface area contributed by atoms with E-state index in [0.717, 1.165) is 10.6 Å². The van der Waals surface area contributed by atoms with Crippen LogP contribution in [0.15, 0.2) is 29.2 Å². The topological polar surface area (TPSA) is 43.1 Å². The molecular weight excluding hydrogens is 210 g/mol. The Morgan fingerprint density at radius 2 is 2.07 bits per heavy atom. The van der Waals surface area contributed by atoms with Crippen LogP contribution in [-0.2, 0) is 0 Å². The van der Waals surface area contributed by atoms with Crippen LogP contribution in [0.3, 0.4) is 0 Å². The summed E-state index contributed by atoms with van der Waals surface area (Å²) in [6, 6.07) is 6.77. The van der Waals surface area contributed by atoms with Gasteiger partial charge in [-0.05, 0) is 11.5 Å². The summed E-state index contributed by atoms with van der Waals surface area (Å²) in [5.41, 5.74) is 0.392. The molecule has 0 aromatic heterocycles. The van der Waals surface area contributed by atoms with Crippen molar-refractivity contribution in [3.8, 4) is 0 Å². The van der Waals surface area contributed by atoms with Crippen molar-refractivity contribution in [3.05, 3.63) is 34.4 Å². The summed E-state index contributed by atoms with van der Waals surface area (Å²) < 4.78 is 0. The number of hydrogen-bond donors (Lipinski definition) is 0. The fraction of sp³-hybridized carbons (Fsp3) is 0.455. The fourth-order valence-electron chi connectivity index (χ4n) is 0.987. The van der Waals surface area contributed by atoms with Gasteiger partial charge in [-0.25, -0.2) is 0 Å². The summed E-state index contributed by atoms with van der Waals surface area (Å²) in [6.07, 6.45) is 0. The molecule has 0 aliphatic rings. The Morgan fingerprint density at radius 1 is 1.40 bits per heavy atom. The molecule has 0 unspecified atom stereocenters. The average molecular weight is 225 g/mol. The van der Waals surface area contributed by atoms with Crippen LogP contribution < -0.4 is 0 Å². The Bertz CT molecular complexity index is 358. The van der Waals surface area contributed by atoms with Crippen molar-refractivity contribution in [2.45, 2.75) is 25.7 Å². The van der Waals surface area contributed by atoms with Crippen molar-refractivity contribution in [3.63, 3.8) is 0 Å². The predicted molar refractivity (Wildman–Crippen MR) is 63.3 cm³/mol. The van der Waals surface area contributed by atoms with Crippen LogP contribution in [0, 0.1) is 15.5 Å². The molecule has 1 aromatic carbocycles. The molecule has 0 saturated heterocycles. The minimum Gasteiger partial charge on any atom is -0.258 e. The SMILES string of the molecule is CC(C)(C)CSc1cccc([N+](=O)[O-])c1. The van der Waals surface area contributed by atoms with Crippen molar-refractivity contribution in [2.75, 3.05) is 5.75 Å². The summed E-state index contributed by atoms with van der Waals surface area (Å²) in [6.45, 7) is 6.45. The molecule has 4 heteroatoms. The van der Waals surface area contributed by atoms with Crippen LogP contribution in [0.5, 0.6) is 0 Å². The zero-order valence-corrected chi connectivity index (χ0v) is 10.0. The van der Waals surface area contributed by atoms with E-state index in [1.165, 1.54) is 6.07 Å². The second kappa shape index (κ2) is 4.66. The maximum absolute atomic E-state index is 10.6. The first-order valence-corrected chi connectivity index (χ1v) is 5.74. The molecule has 82 valence electrons. The van der Waals surface area contributed by atoms with E-state index in [0.29, 0.717) is 0 Å². The smallest absolute Gasteiger partial charge is 0.258 e. The molecule has 0 N–H and O–H groups in total. The van der Waals surface area contributed by atoms with Crippen molar-refractivity contribution < 1.29 is 4.92 Å². The minimum atomic E-state index is -0.360. The van der Waals surface area contributed by atoms with E-state index >= 15 is 0 Å². The summed E-state index contributed by atoms with van der Waals surface area (Å²) in [5, 5.41) is 10.6. The van der Waals surface area contributed by atoms with Crippen LogP contribution in [0.1, 0.15) is 20.8 Å². The number of nitro groups is 1. The summed E-state index contributed by atoms with van der Waals surface area (Å²) in [7, 11) is 0. The number of hydrogen-bond acceptors (Lipinski definition) is 3. The summed E-state index contributed by atoms with van der Waals surface area (Å²) >= 11 is 1.65. The Kier molecular flexibility index (Phi) is 3.74. The average Bonchev–Trinajstić information content (AvgIpc) is 2.14. The molecule has 0 heterocycles. The van der Waals surface area contributed by atoms with Gasteiger partial charge >= 0.3 is 0 Å². The molecule has 0 aliphatic carbocycles. The van der Waals surface area contributed by atoms with Gasteiger partial charge in [0.1, 0.15) is 0 Å². The van der Waals surface area contributed by atoms with E-state index in [2.05, 4.69) is 20.8 Å². The zero-order valence-electron chi connectivity index (χ0n) is 9.19. The predicted octanol–water partition coefficient (Wildman–Crippen LogP) is 3.73. The number of nitrogens with zero attached hydrogens (tertiary/aromatic N) is 1. The van der Waals surface area contributed by atoms with Crippen molar-refractivity contribution >= 4 is 17.4 Å². The number of thioether (sulfide) groups is 1. The van der Waals surface area contributed by atoms with E-state index in [9.17, 15) is 10.1 Å². The highest BCUT2D eigenvalue weighted by Gasteiger charge is 2.12. The molecule has 0 bridgehead atoms. The van der Waals surface area contributed by atoms with Gasteiger partial charge in [0, 0.05) is 22.8 Å². The zero-order chi connectivity index (χ0) is 11.5. The van der Waals surface area contributed by atoms with Gasteiger partial charge in [0.05, 0.1) is 4.92 Å². The first-order valence-electron chi connectivity index (χ1n) is 4.76. The third-order valence-electron chi connectivity index (χ3n) is 1.70. The Labute approximate surface area is 94.0 Å². The molecule has 1 rings (SSSR count). The molecule has 0 radical (unpaired) electrons. The van der Waals surface area contributed by atoms with Crippen LogP contribution >= 0.6 is 11.8 Å². The van der Waals surface area contributed by atoms with Gasteiger partial charge in [0.25, 0.3) is 5.69 Å². The second-order valence-corrected chi connectivity index (χ2v) is 5.65. The van der Waals surface area contributed by atoms with Crippen LogP contribution in [0.25, 0.3) is 0 Å². The lowest BCUT2D eigenvalue weighted by molar-refractivity contribution is -0.385. The number of rotatable bonds is 3. The summed E-state index contributed by atoms with van der Waals surface area (Å²) in [4.78, 5) is 11.1. The quantitative estimate of drug-likeness (QED) is 0.447. The molecule has 1 aromatic rings. The molecule has 0 spiro atoms. The summed E-state index contributed by atoms with van der Waals surface area (Å²) in [5.74, 6) is 0.953. The van der Waals surface area contributed by atoms with Crippen molar-refractivity contribution in [1.82, 2.24) is 0 Å². The molecule has 3 nitrogen and oxygen atoms in total. The van der Waals surface area contributed by atoms with E-state index in [1.54, 1.807) is 23.9 Å². The first kappa shape index (κ1) is 12.0. The standard InChI is InChI=1S/C11H15NO2S/c1-11(2,3)8-15-10-6-4-5-9(7-10)12(13)14/h4-7H,8H2,1-3H3. The van der Waals surface area contributed by atoms with E-state index < -0.39 is 0 Å². The van der Waals surface area contributed by atoms with Gasteiger partial charge in [-0.1, -0.05) is 26.8 Å². The molecule has 0 fully saturated rings. The fourth-order valence-corrected chi connectivity index (χ4v) is 1.97. The van der Waals surface area contributed by atoms with Crippen molar-refractivity contribution in [1.29, 1.82) is 0 Å². The van der Waals surface area contributed by atoms with Crippen molar-refractivity contribution in [2.24, 2.45) is 5.41 Å². The van der Waals surface area contributed by atoms with Crippen LogP contribution in [0.4, 0.5) is 5.69 Å². The lowest BCUT2D eigenvalue weighted by atomic mass is 10.0. The van der Waals surface area contributed by atoms with Gasteiger partial charge in [-0.15, -0.1) is 11.8 Å². The van der Waals surface area contributed by atoms with Gasteiger partial charge in [-0.2, -0.15) is 0 Å². The van der Waals surface area contributed by atoms with Gasteiger partial charge in [-0.3, -0.25) is 10.1 Å². The second-order valence-electron chi connectivity index (χ2n) is 4.60. The monoisotopic (exact) mass is 225 g/mol. The first-order chi connectivity index (χ1) is 6.88. The lowest BCUT2D eigenvalue weighted by Crippen LogP contribution is -2.07. The highest BCUT2D eigenvalue weighted by atomic mass is 32.2. The lowest BCUT2D eigenvalue weighted by Gasteiger charge is -2.16. The Hall–Kier alpha value is -1.03. The molecule has 0 saturated carbocycles. The van der Waals surface area contributed by atoms with Gasteiger partial charge in [0.2, 0.25) is 0 Å². The number of benzene rings is 1.